The quantitative estimate of drug-likeness (QED) is 0.780. The van der Waals surface area contributed by atoms with Gasteiger partial charge in [-0.05, 0) is 31.4 Å². The van der Waals surface area contributed by atoms with E-state index in [1.165, 1.54) is 0 Å². The molecule has 0 aliphatic heterocycles. The summed E-state index contributed by atoms with van der Waals surface area (Å²) in [6, 6.07) is 1.99. The third-order valence-corrected chi connectivity index (χ3v) is 3.61. The van der Waals surface area contributed by atoms with E-state index in [1.807, 2.05) is 19.2 Å². The summed E-state index contributed by atoms with van der Waals surface area (Å²) in [4.78, 5) is 9.14. The molecule has 2 aromatic rings. The molecule has 0 bridgehead atoms. The fourth-order valence-electron chi connectivity index (χ4n) is 2.08. The van der Waals surface area contributed by atoms with Crippen LogP contribution in [0.2, 0.25) is 0 Å². The number of fused-ring (bicyclic) bond motifs is 1. The van der Waals surface area contributed by atoms with Crippen LogP contribution in [0.3, 0.4) is 0 Å². The van der Waals surface area contributed by atoms with Crippen LogP contribution in [0, 0.1) is 12.8 Å². The molecule has 2 heterocycles. The van der Waals surface area contributed by atoms with Crippen molar-refractivity contribution in [3.8, 4) is 0 Å². The lowest BCUT2D eigenvalue weighted by molar-refractivity contribution is 0.464. The van der Waals surface area contributed by atoms with Gasteiger partial charge in [0.1, 0.15) is 11.3 Å². The van der Waals surface area contributed by atoms with E-state index in [9.17, 15) is 0 Å². The number of aromatic nitrogens is 3. The number of hydrogen-bond acceptors (Lipinski definition) is 2. The first-order valence-electron chi connectivity index (χ1n) is 6.50. The molecule has 0 spiro atoms. The Hall–Kier alpha value is -1.09. The minimum Gasteiger partial charge on any atom is -0.311 e. The second-order valence-corrected chi connectivity index (χ2v) is 5.66. The molecule has 0 aliphatic rings. The molecule has 0 aliphatic carbocycles. The summed E-state index contributed by atoms with van der Waals surface area (Å²) in [5.74, 6) is 1.52. The largest absolute Gasteiger partial charge is 0.311 e. The van der Waals surface area contributed by atoms with Gasteiger partial charge in [-0.25, -0.2) is 9.97 Å². The molecular formula is C14H20ClN3. The lowest BCUT2D eigenvalue weighted by Gasteiger charge is -2.14. The van der Waals surface area contributed by atoms with E-state index in [0.717, 1.165) is 35.5 Å². The number of pyridine rings is 1. The number of alkyl halides is 1. The van der Waals surface area contributed by atoms with Crippen LogP contribution in [0.5, 0.6) is 0 Å². The van der Waals surface area contributed by atoms with E-state index in [-0.39, 0.29) is 5.38 Å². The lowest BCUT2D eigenvalue weighted by atomic mass is 10.1. The van der Waals surface area contributed by atoms with E-state index in [0.29, 0.717) is 5.92 Å². The summed E-state index contributed by atoms with van der Waals surface area (Å²) >= 11 is 6.25. The first kappa shape index (κ1) is 13.3. The highest BCUT2D eigenvalue weighted by Gasteiger charge is 2.18. The molecule has 0 fully saturated rings. The Morgan fingerprint density at radius 2 is 2.11 bits per heavy atom. The number of nitrogens with zero attached hydrogens (tertiary/aromatic N) is 3. The maximum Gasteiger partial charge on any atom is 0.160 e. The Labute approximate surface area is 113 Å². The van der Waals surface area contributed by atoms with Crippen molar-refractivity contribution in [1.29, 1.82) is 0 Å². The highest BCUT2D eigenvalue weighted by Crippen LogP contribution is 2.26. The van der Waals surface area contributed by atoms with Crippen LogP contribution < -0.4 is 0 Å². The third-order valence-electron chi connectivity index (χ3n) is 3.41. The highest BCUT2D eigenvalue weighted by molar-refractivity contribution is 6.20. The minimum absolute atomic E-state index is 0.0948. The van der Waals surface area contributed by atoms with Crippen LogP contribution in [0.25, 0.3) is 11.2 Å². The molecular weight excluding hydrogens is 246 g/mol. The average Bonchev–Trinajstić information content (AvgIpc) is 2.70. The van der Waals surface area contributed by atoms with Crippen molar-refractivity contribution >= 4 is 22.8 Å². The summed E-state index contributed by atoms with van der Waals surface area (Å²) in [6.45, 7) is 9.39. The van der Waals surface area contributed by atoms with Crippen molar-refractivity contribution in [3.05, 3.63) is 23.7 Å². The smallest absolute Gasteiger partial charge is 0.160 e. The number of halogens is 1. The Morgan fingerprint density at radius 1 is 1.39 bits per heavy atom. The van der Waals surface area contributed by atoms with Crippen molar-refractivity contribution in [3.63, 3.8) is 0 Å². The van der Waals surface area contributed by atoms with Crippen molar-refractivity contribution in [1.82, 2.24) is 14.5 Å². The van der Waals surface area contributed by atoms with Gasteiger partial charge in [0, 0.05) is 12.7 Å². The van der Waals surface area contributed by atoms with Gasteiger partial charge in [-0.2, -0.15) is 0 Å². The van der Waals surface area contributed by atoms with E-state index in [2.05, 4.69) is 35.3 Å². The van der Waals surface area contributed by atoms with Crippen LogP contribution in [0.4, 0.5) is 0 Å². The van der Waals surface area contributed by atoms with Gasteiger partial charge < -0.3 is 4.57 Å². The standard InChI is InChI=1S/C14H20ClN3/c1-5-9(2)8-18-13(11(4)15)17-12-10(3)6-7-16-14(12)18/h6-7,9,11H,5,8H2,1-4H3. The zero-order chi connectivity index (χ0) is 13.3. The molecule has 3 nitrogen and oxygen atoms in total. The normalized spacial score (nSPS) is 14.9. The van der Waals surface area contributed by atoms with Crippen molar-refractivity contribution < 1.29 is 0 Å². The Bertz CT molecular complexity index is 545. The van der Waals surface area contributed by atoms with Crippen molar-refractivity contribution in [2.45, 2.75) is 46.0 Å². The molecule has 0 saturated carbocycles. The zero-order valence-electron chi connectivity index (χ0n) is 11.4. The summed E-state index contributed by atoms with van der Waals surface area (Å²) in [5.41, 5.74) is 3.09. The molecule has 2 unspecified atom stereocenters. The predicted molar refractivity (Wildman–Crippen MR) is 76.0 cm³/mol. The van der Waals surface area contributed by atoms with Crippen LogP contribution in [-0.2, 0) is 6.54 Å². The molecule has 2 atom stereocenters. The van der Waals surface area contributed by atoms with Gasteiger partial charge in [0.25, 0.3) is 0 Å². The van der Waals surface area contributed by atoms with Gasteiger partial charge in [-0.15, -0.1) is 11.6 Å². The summed E-state index contributed by atoms with van der Waals surface area (Å²) in [5, 5.41) is -0.0948. The summed E-state index contributed by atoms with van der Waals surface area (Å²) in [7, 11) is 0. The first-order chi connectivity index (χ1) is 8.54. The predicted octanol–water partition coefficient (Wildman–Crippen LogP) is 4.09. The number of imidazole rings is 1. The second kappa shape index (κ2) is 5.27. The molecule has 0 saturated heterocycles. The van der Waals surface area contributed by atoms with Crippen LogP contribution in [0.1, 0.15) is 44.0 Å². The maximum atomic E-state index is 6.25. The summed E-state index contributed by atoms with van der Waals surface area (Å²) < 4.78 is 2.17. The number of hydrogen-bond donors (Lipinski definition) is 0. The Morgan fingerprint density at radius 3 is 2.72 bits per heavy atom. The molecule has 98 valence electrons. The SMILES string of the molecule is CCC(C)Cn1c(C(C)Cl)nc2c(C)ccnc21. The molecule has 0 N–H and O–H groups in total. The number of rotatable bonds is 4. The molecule has 2 aromatic heterocycles. The summed E-state index contributed by atoms with van der Waals surface area (Å²) in [6.07, 6.45) is 2.98. The van der Waals surface area contributed by atoms with Gasteiger partial charge in [0.2, 0.25) is 0 Å². The average molecular weight is 266 g/mol. The Kier molecular flexibility index (Phi) is 3.91. The topological polar surface area (TPSA) is 30.7 Å². The fourth-order valence-corrected chi connectivity index (χ4v) is 2.25. The molecule has 0 radical (unpaired) electrons. The maximum absolute atomic E-state index is 6.25. The first-order valence-corrected chi connectivity index (χ1v) is 6.94. The van der Waals surface area contributed by atoms with Crippen LogP contribution >= 0.6 is 11.6 Å². The van der Waals surface area contributed by atoms with Gasteiger partial charge in [0.15, 0.2) is 5.65 Å². The number of aryl methyl sites for hydroxylation is 1. The van der Waals surface area contributed by atoms with Gasteiger partial charge in [0.05, 0.1) is 5.38 Å². The Balaban J connectivity index is 2.59. The highest BCUT2D eigenvalue weighted by atomic mass is 35.5. The van der Waals surface area contributed by atoms with Crippen molar-refractivity contribution in [2.24, 2.45) is 5.92 Å². The third kappa shape index (κ3) is 2.37. The van der Waals surface area contributed by atoms with Crippen LogP contribution in [0.15, 0.2) is 12.3 Å². The monoisotopic (exact) mass is 265 g/mol. The zero-order valence-corrected chi connectivity index (χ0v) is 12.2. The molecule has 2 rings (SSSR count). The van der Waals surface area contributed by atoms with Crippen LogP contribution in [-0.4, -0.2) is 14.5 Å². The molecule has 18 heavy (non-hydrogen) atoms. The lowest BCUT2D eigenvalue weighted by Crippen LogP contribution is -2.11. The van der Waals surface area contributed by atoms with Gasteiger partial charge in [-0.1, -0.05) is 20.3 Å². The fraction of sp³-hybridized carbons (Fsp3) is 0.571. The van der Waals surface area contributed by atoms with Gasteiger partial charge in [-0.3, -0.25) is 0 Å². The molecule has 4 heteroatoms. The second-order valence-electron chi connectivity index (χ2n) is 5.01. The van der Waals surface area contributed by atoms with E-state index < -0.39 is 0 Å². The van der Waals surface area contributed by atoms with E-state index >= 15 is 0 Å². The van der Waals surface area contributed by atoms with Gasteiger partial charge >= 0.3 is 0 Å². The van der Waals surface area contributed by atoms with E-state index in [1.54, 1.807) is 0 Å². The van der Waals surface area contributed by atoms with E-state index in [4.69, 9.17) is 11.6 Å². The van der Waals surface area contributed by atoms with Crippen molar-refractivity contribution in [2.75, 3.05) is 0 Å². The minimum atomic E-state index is -0.0948. The molecule has 0 amide bonds. The molecule has 0 aromatic carbocycles.